The Labute approximate surface area is 147 Å². The highest BCUT2D eigenvalue weighted by atomic mass is 16.5. The maximum atomic E-state index is 12.4. The van der Waals surface area contributed by atoms with Crippen molar-refractivity contribution in [2.75, 3.05) is 13.1 Å². The fourth-order valence-corrected chi connectivity index (χ4v) is 2.68. The summed E-state index contributed by atoms with van der Waals surface area (Å²) >= 11 is 0. The normalized spacial score (nSPS) is 16.5. The Bertz CT molecular complexity index is 613. The summed E-state index contributed by atoms with van der Waals surface area (Å²) in [5.74, 6) is -1.57. The molecule has 1 fully saturated rings. The minimum absolute atomic E-state index is 0.0380. The summed E-state index contributed by atoms with van der Waals surface area (Å²) in [6.07, 6.45) is -0.199. The Kier molecular flexibility index (Phi) is 6.38. The highest BCUT2D eigenvalue weighted by molar-refractivity contribution is 5.86. The van der Waals surface area contributed by atoms with Crippen molar-refractivity contribution >= 4 is 18.0 Å². The molecular weight excluding hydrogens is 324 g/mol. The van der Waals surface area contributed by atoms with Crippen molar-refractivity contribution in [1.82, 2.24) is 10.2 Å². The third-order valence-electron chi connectivity index (χ3n) is 4.53. The molecule has 7 heteroatoms. The van der Waals surface area contributed by atoms with Crippen LogP contribution in [0.3, 0.4) is 0 Å². The summed E-state index contributed by atoms with van der Waals surface area (Å²) in [7, 11) is 0. The van der Waals surface area contributed by atoms with E-state index in [0.29, 0.717) is 19.5 Å². The zero-order valence-electron chi connectivity index (χ0n) is 14.5. The number of carboxylic acids is 1. The standard InChI is InChI=1S/C18H24N2O5/c1-3-15(16(21)20-9-14(10-20)12(2)17(22)23)19-18(24)25-11-13-7-5-4-6-8-13/h4-8,12,14-15H,3,9-11H2,1-2H3,(H,19,24)(H,22,23)/t12?,15-/m0/s1. The SMILES string of the molecule is CC[C@H](NC(=O)OCc1ccccc1)C(=O)N1CC(C(C)C(=O)O)C1. The lowest BCUT2D eigenvalue weighted by Gasteiger charge is -2.42. The summed E-state index contributed by atoms with van der Waals surface area (Å²) in [6, 6.07) is 8.62. The fourth-order valence-electron chi connectivity index (χ4n) is 2.68. The maximum Gasteiger partial charge on any atom is 0.408 e. The van der Waals surface area contributed by atoms with Gasteiger partial charge in [0.1, 0.15) is 12.6 Å². The number of alkyl carbamates (subject to hydrolysis) is 1. The number of hydrogen-bond donors (Lipinski definition) is 2. The van der Waals surface area contributed by atoms with Crippen LogP contribution in [0.2, 0.25) is 0 Å². The van der Waals surface area contributed by atoms with E-state index in [0.717, 1.165) is 5.56 Å². The Hall–Kier alpha value is -2.57. The van der Waals surface area contributed by atoms with E-state index in [4.69, 9.17) is 9.84 Å². The molecule has 2 N–H and O–H groups in total. The van der Waals surface area contributed by atoms with Crippen LogP contribution in [0.25, 0.3) is 0 Å². The highest BCUT2D eigenvalue weighted by Gasteiger charge is 2.39. The lowest BCUT2D eigenvalue weighted by Crippen LogP contribution is -2.58. The van der Waals surface area contributed by atoms with Crippen LogP contribution in [0.4, 0.5) is 4.79 Å². The van der Waals surface area contributed by atoms with E-state index in [1.807, 2.05) is 30.3 Å². The molecule has 1 aliphatic heterocycles. The summed E-state index contributed by atoms with van der Waals surface area (Å²) in [5, 5.41) is 11.6. The van der Waals surface area contributed by atoms with Gasteiger partial charge in [0, 0.05) is 19.0 Å². The van der Waals surface area contributed by atoms with Gasteiger partial charge in [0.2, 0.25) is 5.91 Å². The number of carboxylic acid groups (broad SMARTS) is 1. The van der Waals surface area contributed by atoms with Crippen LogP contribution < -0.4 is 5.32 Å². The second-order valence-corrected chi connectivity index (χ2v) is 6.30. The van der Waals surface area contributed by atoms with Crippen molar-refractivity contribution in [3.8, 4) is 0 Å². The van der Waals surface area contributed by atoms with Gasteiger partial charge in [0.25, 0.3) is 0 Å². The summed E-state index contributed by atoms with van der Waals surface area (Å²) in [4.78, 5) is 36.8. The largest absolute Gasteiger partial charge is 0.481 e. The first-order valence-corrected chi connectivity index (χ1v) is 8.41. The molecule has 136 valence electrons. The second kappa shape index (κ2) is 8.50. The van der Waals surface area contributed by atoms with Gasteiger partial charge in [0.05, 0.1) is 5.92 Å². The molecule has 7 nitrogen and oxygen atoms in total. The number of rotatable bonds is 7. The molecule has 1 heterocycles. The van der Waals surface area contributed by atoms with Gasteiger partial charge in [-0.15, -0.1) is 0 Å². The molecule has 1 aromatic carbocycles. The van der Waals surface area contributed by atoms with E-state index in [-0.39, 0.29) is 18.4 Å². The maximum absolute atomic E-state index is 12.4. The number of benzene rings is 1. The monoisotopic (exact) mass is 348 g/mol. The number of carbonyl (C=O) groups is 3. The van der Waals surface area contributed by atoms with Crippen LogP contribution >= 0.6 is 0 Å². The average molecular weight is 348 g/mol. The number of likely N-dealkylation sites (tertiary alicyclic amines) is 1. The fraction of sp³-hybridized carbons (Fsp3) is 0.500. The zero-order chi connectivity index (χ0) is 18.4. The first-order valence-electron chi connectivity index (χ1n) is 8.41. The highest BCUT2D eigenvalue weighted by Crippen LogP contribution is 2.25. The number of carbonyl (C=O) groups excluding carboxylic acids is 2. The second-order valence-electron chi connectivity index (χ2n) is 6.30. The first-order chi connectivity index (χ1) is 11.9. The Morgan fingerprint density at radius 3 is 2.48 bits per heavy atom. The molecule has 0 spiro atoms. The van der Waals surface area contributed by atoms with Crippen LogP contribution in [0, 0.1) is 11.8 Å². The molecule has 1 aromatic rings. The van der Waals surface area contributed by atoms with Gasteiger partial charge in [-0.25, -0.2) is 4.79 Å². The number of hydrogen-bond acceptors (Lipinski definition) is 4. The zero-order valence-corrected chi connectivity index (χ0v) is 14.5. The predicted molar refractivity (Wildman–Crippen MR) is 90.7 cm³/mol. The van der Waals surface area contributed by atoms with Gasteiger partial charge >= 0.3 is 12.1 Å². The van der Waals surface area contributed by atoms with Gasteiger partial charge in [0.15, 0.2) is 0 Å². The van der Waals surface area contributed by atoms with Crippen molar-refractivity contribution in [2.24, 2.45) is 11.8 Å². The average Bonchev–Trinajstić information content (AvgIpc) is 2.57. The Morgan fingerprint density at radius 1 is 1.28 bits per heavy atom. The molecule has 0 radical (unpaired) electrons. The first kappa shape index (κ1) is 18.8. The minimum atomic E-state index is -0.855. The van der Waals surface area contributed by atoms with E-state index < -0.39 is 24.0 Å². The molecular formula is C18H24N2O5. The smallest absolute Gasteiger partial charge is 0.408 e. The summed E-state index contributed by atoms with van der Waals surface area (Å²) in [5.41, 5.74) is 0.866. The van der Waals surface area contributed by atoms with Gasteiger partial charge in [-0.2, -0.15) is 0 Å². The Morgan fingerprint density at radius 2 is 1.92 bits per heavy atom. The van der Waals surface area contributed by atoms with Crippen molar-refractivity contribution in [3.63, 3.8) is 0 Å². The third kappa shape index (κ3) is 4.95. The van der Waals surface area contributed by atoms with Crippen molar-refractivity contribution in [1.29, 1.82) is 0 Å². The molecule has 0 saturated carbocycles. The van der Waals surface area contributed by atoms with Gasteiger partial charge in [-0.05, 0) is 12.0 Å². The van der Waals surface area contributed by atoms with E-state index in [1.165, 1.54) is 0 Å². The van der Waals surface area contributed by atoms with Crippen molar-refractivity contribution in [2.45, 2.75) is 32.9 Å². The summed E-state index contributed by atoms with van der Waals surface area (Å²) < 4.78 is 5.13. The van der Waals surface area contributed by atoms with Crippen LogP contribution in [0.15, 0.2) is 30.3 Å². The molecule has 25 heavy (non-hydrogen) atoms. The molecule has 2 amide bonds. The Balaban J connectivity index is 1.78. The predicted octanol–water partition coefficient (Wildman–Crippen LogP) is 1.87. The van der Waals surface area contributed by atoms with Gasteiger partial charge < -0.3 is 20.1 Å². The molecule has 1 aliphatic rings. The van der Waals surface area contributed by atoms with Crippen LogP contribution in [0.5, 0.6) is 0 Å². The number of nitrogens with zero attached hydrogens (tertiary/aromatic N) is 1. The van der Waals surface area contributed by atoms with Crippen LogP contribution in [0.1, 0.15) is 25.8 Å². The van der Waals surface area contributed by atoms with E-state index in [9.17, 15) is 14.4 Å². The molecule has 2 rings (SSSR count). The topological polar surface area (TPSA) is 95.9 Å². The molecule has 1 saturated heterocycles. The molecule has 0 bridgehead atoms. The van der Waals surface area contributed by atoms with Crippen molar-refractivity contribution in [3.05, 3.63) is 35.9 Å². The molecule has 0 aromatic heterocycles. The third-order valence-corrected chi connectivity index (χ3v) is 4.53. The van der Waals surface area contributed by atoms with E-state index >= 15 is 0 Å². The van der Waals surface area contributed by atoms with E-state index in [2.05, 4.69) is 5.32 Å². The molecule has 0 aliphatic carbocycles. The van der Waals surface area contributed by atoms with Gasteiger partial charge in [-0.3, -0.25) is 9.59 Å². The van der Waals surface area contributed by atoms with Crippen LogP contribution in [-0.4, -0.2) is 47.1 Å². The number of amides is 2. The lowest BCUT2D eigenvalue weighted by atomic mass is 9.86. The summed E-state index contributed by atoms with van der Waals surface area (Å²) in [6.45, 7) is 4.40. The minimum Gasteiger partial charge on any atom is -0.481 e. The van der Waals surface area contributed by atoms with Crippen LogP contribution in [-0.2, 0) is 20.9 Å². The van der Waals surface area contributed by atoms with Gasteiger partial charge in [-0.1, -0.05) is 44.2 Å². The quantitative estimate of drug-likeness (QED) is 0.784. The van der Waals surface area contributed by atoms with Crippen molar-refractivity contribution < 1.29 is 24.2 Å². The number of nitrogens with one attached hydrogen (secondary N) is 1. The van der Waals surface area contributed by atoms with E-state index in [1.54, 1.807) is 18.7 Å². The molecule has 2 atom stereocenters. The molecule has 1 unspecified atom stereocenters. The lowest BCUT2D eigenvalue weighted by molar-refractivity contribution is -0.151. The number of aliphatic carboxylic acids is 1. The number of ether oxygens (including phenoxy) is 1.